The molecule has 3 aliphatic heterocycles. The molecule has 3 saturated heterocycles. The molecule has 0 saturated carbocycles. The first kappa shape index (κ1) is 9.09. The van der Waals surface area contributed by atoms with Gasteiger partial charge in [-0.25, -0.2) is 0 Å². The Hall–Kier alpha value is -0.160. The van der Waals surface area contributed by atoms with Crippen LogP contribution in [0.4, 0.5) is 0 Å². The van der Waals surface area contributed by atoms with Crippen LogP contribution in [0.3, 0.4) is 0 Å². The van der Waals surface area contributed by atoms with Crippen LogP contribution < -0.4 is 0 Å². The summed E-state index contributed by atoms with van der Waals surface area (Å²) in [5.41, 5.74) is -0.307. The minimum Gasteiger partial charge on any atom is -0.375 e. The third-order valence-electron chi connectivity index (χ3n) is 3.79. The number of rotatable bonds is 3. The first-order valence-corrected chi connectivity index (χ1v) is 5.28. The zero-order valence-corrected chi connectivity index (χ0v) is 8.45. The van der Waals surface area contributed by atoms with Gasteiger partial charge in [0.05, 0.1) is 19.3 Å². The van der Waals surface area contributed by atoms with Crippen molar-refractivity contribution in [3.8, 4) is 0 Å². The molecule has 0 aromatic heterocycles. The highest BCUT2D eigenvalue weighted by Crippen LogP contribution is 2.51. The molecule has 3 rings (SSSR count). The quantitative estimate of drug-likeness (QED) is 0.672. The third-order valence-corrected chi connectivity index (χ3v) is 3.79. The summed E-state index contributed by atoms with van der Waals surface area (Å²) in [5, 5.41) is 0. The Balaban J connectivity index is 1.83. The molecule has 80 valence electrons. The van der Waals surface area contributed by atoms with E-state index in [4.69, 9.17) is 18.9 Å². The van der Waals surface area contributed by atoms with Crippen molar-refractivity contribution >= 4 is 0 Å². The fraction of sp³-hybridized carbons (Fsp3) is 1.00. The summed E-state index contributed by atoms with van der Waals surface area (Å²) in [6, 6.07) is 0. The summed E-state index contributed by atoms with van der Waals surface area (Å²) >= 11 is 0. The summed E-state index contributed by atoms with van der Waals surface area (Å²) < 4.78 is 22.4. The zero-order chi connectivity index (χ0) is 9.65. The van der Waals surface area contributed by atoms with Gasteiger partial charge in [0.2, 0.25) is 5.79 Å². The molecular weight excluding hydrogens is 184 g/mol. The van der Waals surface area contributed by atoms with E-state index < -0.39 is 5.79 Å². The maximum atomic E-state index is 5.75. The number of hydrogen-bond acceptors (Lipinski definition) is 4. The fourth-order valence-corrected chi connectivity index (χ4v) is 2.68. The van der Waals surface area contributed by atoms with Crippen LogP contribution in [-0.2, 0) is 18.9 Å². The minimum atomic E-state index is -0.518. The Kier molecular flexibility index (Phi) is 1.89. The van der Waals surface area contributed by atoms with Crippen molar-refractivity contribution in [1.29, 1.82) is 0 Å². The molecule has 0 spiro atoms. The van der Waals surface area contributed by atoms with E-state index in [0.717, 1.165) is 39.1 Å². The first-order chi connectivity index (χ1) is 6.83. The van der Waals surface area contributed by atoms with E-state index in [1.165, 1.54) is 0 Å². The second-order valence-electron chi connectivity index (χ2n) is 4.19. The minimum absolute atomic E-state index is 0.177. The van der Waals surface area contributed by atoms with Gasteiger partial charge < -0.3 is 18.9 Å². The normalized spacial score (nSPS) is 51.6. The molecule has 3 heterocycles. The molecule has 0 aromatic carbocycles. The molecule has 0 aliphatic carbocycles. The summed E-state index contributed by atoms with van der Waals surface area (Å²) in [5.74, 6) is -0.518. The SMILES string of the molecule is COC1(C2(C3CCO3)CCO2)CCO1. The number of hydrogen-bond donors (Lipinski definition) is 0. The standard InChI is InChI=1S/C10H16O4/c1-11-10(4-7-14-10)9(3-6-13-9)8-2-5-12-8/h8H,2-7H2,1H3. The third kappa shape index (κ3) is 0.877. The Labute approximate surface area is 83.5 Å². The zero-order valence-electron chi connectivity index (χ0n) is 8.45. The van der Waals surface area contributed by atoms with E-state index in [2.05, 4.69) is 0 Å². The maximum absolute atomic E-state index is 5.75. The molecule has 3 aliphatic rings. The lowest BCUT2D eigenvalue weighted by molar-refractivity contribution is -0.434. The predicted molar refractivity (Wildman–Crippen MR) is 48.0 cm³/mol. The van der Waals surface area contributed by atoms with Gasteiger partial charge in [0.15, 0.2) is 5.60 Å². The van der Waals surface area contributed by atoms with Crippen molar-refractivity contribution in [2.75, 3.05) is 26.9 Å². The lowest BCUT2D eigenvalue weighted by atomic mass is 9.74. The molecule has 3 fully saturated rings. The van der Waals surface area contributed by atoms with E-state index in [9.17, 15) is 0 Å². The van der Waals surface area contributed by atoms with Crippen LogP contribution in [0.25, 0.3) is 0 Å². The summed E-state index contributed by atoms with van der Waals surface area (Å²) in [7, 11) is 1.70. The van der Waals surface area contributed by atoms with Gasteiger partial charge in [0.1, 0.15) is 0 Å². The van der Waals surface area contributed by atoms with Gasteiger partial charge in [0, 0.05) is 26.6 Å². The van der Waals surface area contributed by atoms with Crippen LogP contribution in [-0.4, -0.2) is 44.4 Å². The van der Waals surface area contributed by atoms with Gasteiger partial charge >= 0.3 is 0 Å². The van der Waals surface area contributed by atoms with Crippen molar-refractivity contribution in [3.63, 3.8) is 0 Å². The summed E-state index contributed by atoms with van der Waals surface area (Å²) in [6.45, 7) is 2.41. The van der Waals surface area contributed by atoms with Crippen LogP contribution >= 0.6 is 0 Å². The predicted octanol–water partition coefficient (Wildman–Crippen LogP) is 0.697. The second kappa shape index (κ2) is 2.92. The molecule has 0 radical (unpaired) electrons. The van der Waals surface area contributed by atoms with Gasteiger partial charge in [-0.2, -0.15) is 0 Å². The highest BCUT2D eigenvalue weighted by Gasteiger charge is 2.67. The van der Waals surface area contributed by atoms with Crippen LogP contribution in [0, 0.1) is 0 Å². The summed E-state index contributed by atoms with van der Waals surface area (Å²) in [6.07, 6.45) is 3.15. The molecule has 4 heteroatoms. The fourth-order valence-electron chi connectivity index (χ4n) is 2.68. The molecule has 3 unspecified atom stereocenters. The Morgan fingerprint density at radius 2 is 1.79 bits per heavy atom. The largest absolute Gasteiger partial charge is 0.375 e. The molecule has 0 amide bonds. The first-order valence-electron chi connectivity index (χ1n) is 5.28. The molecular formula is C10H16O4. The van der Waals surface area contributed by atoms with Crippen molar-refractivity contribution < 1.29 is 18.9 Å². The van der Waals surface area contributed by atoms with Crippen molar-refractivity contribution in [1.82, 2.24) is 0 Å². The van der Waals surface area contributed by atoms with Crippen LogP contribution in [0.15, 0.2) is 0 Å². The van der Waals surface area contributed by atoms with Crippen LogP contribution in [0.2, 0.25) is 0 Å². The number of methoxy groups -OCH3 is 1. The lowest BCUT2D eigenvalue weighted by Gasteiger charge is -2.61. The van der Waals surface area contributed by atoms with E-state index in [0.29, 0.717) is 0 Å². The number of ether oxygens (including phenoxy) is 4. The molecule has 0 N–H and O–H groups in total. The second-order valence-corrected chi connectivity index (χ2v) is 4.19. The van der Waals surface area contributed by atoms with E-state index in [-0.39, 0.29) is 11.7 Å². The van der Waals surface area contributed by atoms with E-state index in [1.54, 1.807) is 7.11 Å². The topological polar surface area (TPSA) is 36.9 Å². The Bertz CT molecular complexity index is 223. The Morgan fingerprint density at radius 1 is 1.14 bits per heavy atom. The molecule has 0 aromatic rings. The smallest absolute Gasteiger partial charge is 0.202 e. The van der Waals surface area contributed by atoms with Gasteiger partial charge in [-0.05, 0) is 6.42 Å². The van der Waals surface area contributed by atoms with Crippen molar-refractivity contribution in [3.05, 3.63) is 0 Å². The Morgan fingerprint density at radius 3 is 2.00 bits per heavy atom. The van der Waals surface area contributed by atoms with E-state index >= 15 is 0 Å². The van der Waals surface area contributed by atoms with Crippen molar-refractivity contribution in [2.45, 2.75) is 36.8 Å². The lowest BCUT2D eigenvalue weighted by Crippen LogP contribution is -2.75. The average molecular weight is 200 g/mol. The van der Waals surface area contributed by atoms with Gasteiger partial charge in [0.25, 0.3) is 0 Å². The summed E-state index contributed by atoms with van der Waals surface area (Å²) in [4.78, 5) is 0. The van der Waals surface area contributed by atoms with Gasteiger partial charge in [-0.15, -0.1) is 0 Å². The van der Waals surface area contributed by atoms with Crippen molar-refractivity contribution in [2.24, 2.45) is 0 Å². The van der Waals surface area contributed by atoms with Gasteiger partial charge in [-0.1, -0.05) is 0 Å². The van der Waals surface area contributed by atoms with Crippen LogP contribution in [0.1, 0.15) is 19.3 Å². The molecule has 0 bridgehead atoms. The molecule has 3 atom stereocenters. The maximum Gasteiger partial charge on any atom is 0.202 e. The average Bonchev–Trinajstić information content (AvgIpc) is 1.94. The van der Waals surface area contributed by atoms with E-state index in [1.807, 2.05) is 0 Å². The monoisotopic (exact) mass is 200 g/mol. The van der Waals surface area contributed by atoms with Gasteiger partial charge in [-0.3, -0.25) is 0 Å². The highest BCUT2D eigenvalue weighted by atomic mass is 16.7. The van der Waals surface area contributed by atoms with Crippen LogP contribution in [0.5, 0.6) is 0 Å². The molecule has 14 heavy (non-hydrogen) atoms. The highest BCUT2D eigenvalue weighted by molar-refractivity contribution is 5.10. The molecule has 4 nitrogen and oxygen atoms in total.